The van der Waals surface area contributed by atoms with Gasteiger partial charge in [0.1, 0.15) is 41.9 Å². The van der Waals surface area contributed by atoms with Crippen molar-refractivity contribution in [3.8, 4) is 11.5 Å². The summed E-state index contributed by atoms with van der Waals surface area (Å²) in [6.07, 6.45) is 2.99. The van der Waals surface area contributed by atoms with E-state index < -0.39 is 39.5 Å². The molecule has 0 spiro atoms. The molecule has 1 N–H and O–H groups in total. The van der Waals surface area contributed by atoms with Gasteiger partial charge < -0.3 is 24.3 Å². The average molecular weight is 775 g/mol. The number of aromatic nitrogens is 4. The first-order chi connectivity index (χ1) is 25.5. The number of hydrogen-bond donors (Lipinski definition) is 1. The third kappa shape index (κ3) is 8.81. The van der Waals surface area contributed by atoms with Crippen molar-refractivity contribution < 1.29 is 32.5 Å². The molecule has 1 amide bonds. The van der Waals surface area contributed by atoms with Gasteiger partial charge in [0, 0.05) is 12.8 Å². The van der Waals surface area contributed by atoms with E-state index in [1.807, 2.05) is 78.2 Å². The zero-order valence-electron chi connectivity index (χ0n) is 30.7. The Labute approximate surface area is 316 Å². The number of nitrogens with one attached hydrogen (secondary N) is 1. The van der Waals surface area contributed by atoms with Crippen LogP contribution in [0.2, 0.25) is 19.6 Å². The number of hydrogen-bond acceptors (Lipinski definition) is 11. The number of carbonyl (C=O) groups is 1. The number of benzene rings is 3. The van der Waals surface area contributed by atoms with Crippen molar-refractivity contribution in [1.29, 1.82) is 0 Å². The van der Waals surface area contributed by atoms with Crippen LogP contribution in [0, 0.1) is 0 Å². The lowest BCUT2D eigenvalue weighted by Crippen LogP contribution is -2.38. The lowest BCUT2D eigenvalue weighted by molar-refractivity contribution is -0.116. The van der Waals surface area contributed by atoms with Gasteiger partial charge in [-0.2, -0.15) is 4.21 Å². The summed E-state index contributed by atoms with van der Waals surface area (Å²) in [5.74, 6) is 1.67. The molecule has 15 heteroatoms. The highest BCUT2D eigenvalue weighted by molar-refractivity contribution is 8.01. The molecule has 53 heavy (non-hydrogen) atoms. The second-order valence-electron chi connectivity index (χ2n) is 13.6. The molecular weight excluding hydrogens is 730 g/mol. The van der Waals surface area contributed by atoms with E-state index in [-0.39, 0.29) is 12.5 Å². The lowest BCUT2D eigenvalue weighted by atomic mass is 9.80. The van der Waals surface area contributed by atoms with Gasteiger partial charge in [-0.25, -0.2) is 15.0 Å². The van der Waals surface area contributed by atoms with Crippen molar-refractivity contribution in [1.82, 2.24) is 19.5 Å². The van der Waals surface area contributed by atoms with E-state index in [1.165, 1.54) is 6.33 Å². The fraction of sp³-hybridized carbons (Fsp3) is 0.368. The van der Waals surface area contributed by atoms with Crippen LogP contribution in [0.1, 0.15) is 49.1 Å². The number of nitrogens with zero attached hydrogens (tertiary/aromatic N) is 4. The van der Waals surface area contributed by atoms with Crippen LogP contribution < -0.4 is 14.8 Å². The monoisotopic (exact) mass is 774 g/mol. The van der Waals surface area contributed by atoms with E-state index >= 15 is 0 Å². The molecule has 0 radical (unpaired) electrons. The van der Waals surface area contributed by atoms with Crippen LogP contribution in [0.15, 0.2) is 91.5 Å². The first-order valence-electron chi connectivity index (χ1n) is 17.5. The Hall–Kier alpha value is -4.14. The van der Waals surface area contributed by atoms with Crippen LogP contribution in [0.25, 0.3) is 11.2 Å². The minimum Gasteiger partial charge on any atom is -0.497 e. The number of methoxy groups -OCH3 is 2. The lowest BCUT2D eigenvalue weighted by Gasteiger charge is -2.37. The second-order valence-corrected chi connectivity index (χ2v) is 20.1. The summed E-state index contributed by atoms with van der Waals surface area (Å²) in [4.78, 5) is 25.8. The fourth-order valence-electron chi connectivity index (χ4n) is 6.35. The van der Waals surface area contributed by atoms with Gasteiger partial charge in [0.2, 0.25) is 17.7 Å². The summed E-state index contributed by atoms with van der Waals surface area (Å²) in [5, 5.41) is 2.86. The maximum absolute atomic E-state index is 12.4. The molecule has 2 aromatic heterocycles. The molecule has 4 atom stereocenters. The number of imidazole rings is 1. The van der Waals surface area contributed by atoms with E-state index in [2.05, 4.69) is 52.0 Å². The summed E-state index contributed by atoms with van der Waals surface area (Å²) in [6.45, 7) is 8.32. The zero-order chi connectivity index (χ0) is 37.6. The number of fused-ring (bicyclic) bond motifs is 1. The quantitative estimate of drug-likeness (QED) is 0.0597. The van der Waals surface area contributed by atoms with Crippen LogP contribution >= 0.6 is 7.15 Å². The summed E-state index contributed by atoms with van der Waals surface area (Å²) in [6, 6.07) is 25.9. The van der Waals surface area contributed by atoms with E-state index in [1.54, 1.807) is 20.5 Å². The third-order valence-electron chi connectivity index (χ3n) is 8.79. The van der Waals surface area contributed by atoms with Crippen molar-refractivity contribution in [3.05, 3.63) is 108 Å². The first-order valence-corrected chi connectivity index (χ1v) is 23.1. The van der Waals surface area contributed by atoms with Crippen LogP contribution in [0.4, 0.5) is 5.82 Å². The Balaban J connectivity index is 1.38. The summed E-state index contributed by atoms with van der Waals surface area (Å²) >= 11 is 5.76. The average Bonchev–Trinajstić information content (AvgIpc) is 3.76. The normalized spacial score (nSPS) is 17.8. The topological polar surface area (TPSA) is 128 Å². The Kier molecular flexibility index (Phi) is 12.3. The highest BCUT2D eigenvalue weighted by atomic mass is 32.4. The van der Waals surface area contributed by atoms with E-state index in [9.17, 15) is 4.79 Å². The molecule has 1 aliphatic heterocycles. The van der Waals surface area contributed by atoms with Gasteiger partial charge in [0.15, 0.2) is 17.0 Å². The van der Waals surface area contributed by atoms with E-state index in [0.29, 0.717) is 36.2 Å². The maximum atomic E-state index is 12.4. The number of carbonyl (C=O) groups excluding carboxylic acids is 1. The molecule has 0 bridgehead atoms. The second kappa shape index (κ2) is 16.9. The van der Waals surface area contributed by atoms with Crippen molar-refractivity contribution >= 4 is 50.2 Å². The Morgan fingerprint density at radius 1 is 0.943 bits per heavy atom. The molecule has 3 heterocycles. The molecule has 5 aromatic rings. The molecule has 3 aromatic carbocycles. The van der Waals surface area contributed by atoms with Crippen molar-refractivity contribution in [2.24, 2.45) is 0 Å². The van der Waals surface area contributed by atoms with E-state index in [0.717, 1.165) is 28.2 Å². The molecule has 278 valence electrons. The fourth-order valence-corrected chi connectivity index (χ4v) is 11.1. The number of ether oxygens (including phenoxy) is 4. The number of anilines is 1. The Bertz CT molecular complexity index is 1960. The molecule has 1 fully saturated rings. The van der Waals surface area contributed by atoms with Gasteiger partial charge in [-0.1, -0.05) is 61.5 Å². The number of rotatable bonds is 16. The molecule has 1 saturated heterocycles. The van der Waals surface area contributed by atoms with Gasteiger partial charge in [0.25, 0.3) is 8.32 Å². The van der Waals surface area contributed by atoms with Crippen molar-refractivity contribution in [3.63, 3.8) is 0 Å². The smallest absolute Gasteiger partial charge is 0.497 e. The molecular formula is C38H45N5O7PSSi+. The summed E-state index contributed by atoms with van der Waals surface area (Å²) in [5.41, 5.74) is 2.62. The molecule has 1 aliphatic rings. The summed E-state index contributed by atoms with van der Waals surface area (Å²) in [7, 11) is -0.347. The van der Waals surface area contributed by atoms with Gasteiger partial charge in [-0.3, -0.25) is 9.36 Å². The van der Waals surface area contributed by atoms with Crippen LogP contribution in [-0.4, -0.2) is 66.8 Å². The highest BCUT2D eigenvalue weighted by Crippen LogP contribution is 2.45. The molecule has 6 rings (SSSR count). The predicted molar refractivity (Wildman–Crippen MR) is 209 cm³/mol. The Morgan fingerprint density at radius 3 is 2.15 bits per heavy atom. The minimum atomic E-state index is -2.00. The number of amides is 1. The predicted octanol–water partition coefficient (Wildman–Crippen LogP) is 7.89. The standard InChI is InChI=1S/C38H44N5O7PSSi/c1-7-11-33(44)42-36-35-37(40-24-39-36)43(25-41-35)34-22-31(49-51(52)50-53(4,5)6)32(48-34)23-47-38(26-12-9-8-10-13-26,27-14-18-29(45-2)19-15-27)28-16-20-30(46-3)21-17-28/h8-10,12-21,24-25,31-32,34H,7,11,22-23H2,1-6H3/p+1/t31-,32+,34+/m0/s1. The zero-order valence-corrected chi connectivity index (χ0v) is 33.4. The SMILES string of the molecule is CCCC(=O)Nc1ncnc2c1ncn2[C@H]1C[C@H](O[P+](=S)O[Si](C)(C)C)[C@@H](COC(c2ccccc2)(c2ccc(OC)cc2)c2ccc(OC)cc2)O1. The minimum absolute atomic E-state index is 0.125. The summed E-state index contributed by atoms with van der Waals surface area (Å²) < 4.78 is 39.6. The maximum Gasteiger partial charge on any atom is 0.509 e. The van der Waals surface area contributed by atoms with Crippen LogP contribution in [-0.2, 0) is 40.4 Å². The van der Waals surface area contributed by atoms with Gasteiger partial charge in [-0.15, -0.1) is 4.52 Å². The first kappa shape index (κ1) is 38.6. The third-order valence-corrected chi connectivity index (χ3v) is 13.0. The van der Waals surface area contributed by atoms with Crippen LogP contribution in [0.5, 0.6) is 11.5 Å². The highest BCUT2D eigenvalue weighted by Gasteiger charge is 2.46. The van der Waals surface area contributed by atoms with E-state index in [4.69, 9.17) is 39.5 Å². The molecule has 0 aliphatic carbocycles. The van der Waals surface area contributed by atoms with Crippen molar-refractivity contribution in [2.75, 3.05) is 26.1 Å². The molecule has 12 nitrogen and oxygen atoms in total. The van der Waals surface area contributed by atoms with Crippen molar-refractivity contribution in [2.45, 2.75) is 69.9 Å². The van der Waals surface area contributed by atoms with Gasteiger partial charge >= 0.3 is 7.15 Å². The Morgan fingerprint density at radius 2 is 1.57 bits per heavy atom. The van der Waals surface area contributed by atoms with Gasteiger partial charge in [0.05, 0.1) is 27.2 Å². The largest absolute Gasteiger partial charge is 0.509 e. The molecule has 1 unspecified atom stereocenters. The van der Waals surface area contributed by atoms with Crippen LogP contribution in [0.3, 0.4) is 0 Å². The molecule has 0 saturated carbocycles. The van der Waals surface area contributed by atoms with Gasteiger partial charge in [-0.05, 0) is 67.0 Å².